The van der Waals surface area contributed by atoms with Crippen molar-refractivity contribution < 1.29 is 19.1 Å². The first-order valence-electron chi connectivity index (χ1n) is 7.21. The first-order valence-corrected chi connectivity index (χ1v) is 7.21. The lowest BCUT2D eigenvalue weighted by atomic mass is 10.0. The van der Waals surface area contributed by atoms with E-state index in [0.717, 1.165) is 18.4 Å². The maximum atomic E-state index is 11.3. The molecule has 4 nitrogen and oxygen atoms in total. The Balaban J connectivity index is 2.57. The van der Waals surface area contributed by atoms with E-state index >= 15 is 0 Å². The predicted molar refractivity (Wildman–Crippen MR) is 85.1 cm³/mol. The van der Waals surface area contributed by atoms with Crippen LogP contribution in [0.2, 0.25) is 0 Å². The van der Waals surface area contributed by atoms with Crippen molar-refractivity contribution in [1.82, 2.24) is 0 Å². The molecule has 0 saturated heterocycles. The number of benzene rings is 1. The Morgan fingerprint density at radius 3 is 2.45 bits per heavy atom. The number of ether oxygens (including phenoxy) is 2. The molecule has 0 aliphatic carbocycles. The van der Waals surface area contributed by atoms with Gasteiger partial charge >= 0.3 is 11.9 Å². The van der Waals surface area contributed by atoms with Gasteiger partial charge in [0.05, 0.1) is 6.61 Å². The van der Waals surface area contributed by atoms with Crippen LogP contribution < -0.4 is 0 Å². The van der Waals surface area contributed by atoms with Gasteiger partial charge in [-0.15, -0.1) is 0 Å². The number of unbranched alkanes of at least 4 members (excludes halogenated alkanes) is 1. The number of hydrogen-bond acceptors (Lipinski definition) is 4. The Kier molecular flexibility index (Phi) is 7.68. The molecule has 4 heteroatoms. The fourth-order valence-electron chi connectivity index (χ4n) is 1.89. The van der Waals surface area contributed by atoms with E-state index in [2.05, 4.69) is 6.58 Å². The molecule has 0 bridgehead atoms. The van der Waals surface area contributed by atoms with Crippen molar-refractivity contribution in [3.05, 3.63) is 60.2 Å². The molecule has 0 N–H and O–H groups in total. The second-order valence-electron chi connectivity index (χ2n) is 4.86. The highest BCUT2D eigenvalue weighted by atomic mass is 16.5. The third kappa shape index (κ3) is 6.88. The van der Waals surface area contributed by atoms with Gasteiger partial charge in [0.25, 0.3) is 0 Å². The minimum Gasteiger partial charge on any atom is -0.466 e. The third-order valence-corrected chi connectivity index (χ3v) is 2.88. The molecule has 22 heavy (non-hydrogen) atoms. The monoisotopic (exact) mass is 302 g/mol. The largest absolute Gasteiger partial charge is 0.466 e. The van der Waals surface area contributed by atoms with E-state index in [4.69, 9.17) is 9.47 Å². The molecule has 0 radical (unpaired) electrons. The van der Waals surface area contributed by atoms with E-state index in [1.165, 1.54) is 13.8 Å². The van der Waals surface area contributed by atoms with Crippen LogP contribution in [0.1, 0.15) is 38.4 Å². The van der Waals surface area contributed by atoms with E-state index in [1.807, 2.05) is 42.5 Å². The van der Waals surface area contributed by atoms with Gasteiger partial charge in [-0.1, -0.05) is 49.1 Å². The van der Waals surface area contributed by atoms with Crippen molar-refractivity contribution in [1.29, 1.82) is 0 Å². The molecule has 0 fully saturated rings. The van der Waals surface area contributed by atoms with Crippen molar-refractivity contribution >= 4 is 11.9 Å². The van der Waals surface area contributed by atoms with Crippen LogP contribution in [0.4, 0.5) is 0 Å². The van der Waals surface area contributed by atoms with Gasteiger partial charge in [0.1, 0.15) is 0 Å². The Morgan fingerprint density at radius 1 is 1.18 bits per heavy atom. The summed E-state index contributed by atoms with van der Waals surface area (Å²) in [5.41, 5.74) is 1.58. The third-order valence-electron chi connectivity index (χ3n) is 2.88. The van der Waals surface area contributed by atoms with Crippen LogP contribution in [0.5, 0.6) is 0 Å². The summed E-state index contributed by atoms with van der Waals surface area (Å²) in [6.07, 6.45) is 4.80. The Bertz CT molecular complexity index is 531. The van der Waals surface area contributed by atoms with Crippen molar-refractivity contribution in [3.8, 4) is 0 Å². The molecular formula is C18H22O4. The number of esters is 2. The highest BCUT2D eigenvalue weighted by molar-refractivity contribution is 5.67. The van der Waals surface area contributed by atoms with Gasteiger partial charge in [0.15, 0.2) is 6.10 Å². The van der Waals surface area contributed by atoms with Crippen molar-refractivity contribution in [2.75, 3.05) is 6.61 Å². The summed E-state index contributed by atoms with van der Waals surface area (Å²) in [6, 6.07) is 9.48. The van der Waals surface area contributed by atoms with Gasteiger partial charge in [0.2, 0.25) is 0 Å². The molecular weight excluding hydrogens is 280 g/mol. The SMILES string of the molecule is C=C(/C=C/CCCOC(C)=O)C(OC(C)=O)c1ccccc1. The highest BCUT2D eigenvalue weighted by Crippen LogP contribution is 2.25. The molecule has 1 atom stereocenters. The number of carbonyl (C=O) groups excluding carboxylic acids is 2. The summed E-state index contributed by atoms with van der Waals surface area (Å²) in [5.74, 6) is -0.620. The number of carbonyl (C=O) groups is 2. The normalized spacial score (nSPS) is 11.9. The molecule has 0 aliphatic rings. The Morgan fingerprint density at radius 2 is 1.86 bits per heavy atom. The average Bonchev–Trinajstić information content (AvgIpc) is 2.48. The lowest BCUT2D eigenvalue weighted by molar-refractivity contribution is -0.145. The lowest BCUT2D eigenvalue weighted by Crippen LogP contribution is -2.09. The van der Waals surface area contributed by atoms with Crippen LogP contribution in [0, 0.1) is 0 Å². The molecule has 1 rings (SSSR count). The molecule has 0 aromatic heterocycles. The van der Waals surface area contributed by atoms with Crippen molar-refractivity contribution in [2.45, 2.75) is 32.8 Å². The molecule has 1 unspecified atom stereocenters. The molecule has 0 saturated carbocycles. The summed E-state index contributed by atoms with van der Waals surface area (Å²) < 4.78 is 10.2. The van der Waals surface area contributed by atoms with E-state index in [0.29, 0.717) is 12.2 Å². The second kappa shape index (κ2) is 9.55. The molecule has 1 aromatic carbocycles. The van der Waals surface area contributed by atoms with Crippen molar-refractivity contribution in [2.24, 2.45) is 0 Å². The first-order chi connectivity index (χ1) is 10.5. The molecule has 0 aliphatic heterocycles. The standard InChI is InChI=1S/C18H22O4/c1-14(10-6-5-9-13-21-15(2)19)18(22-16(3)20)17-11-7-4-8-12-17/h4,6-8,10-12,18H,1,5,9,13H2,2-3H3/b10-6+. The van der Waals surface area contributed by atoms with Gasteiger partial charge in [-0.25, -0.2) is 0 Å². The second-order valence-corrected chi connectivity index (χ2v) is 4.86. The Labute approximate surface area is 131 Å². The molecule has 0 heterocycles. The van der Waals surface area contributed by atoms with E-state index in [1.54, 1.807) is 0 Å². The van der Waals surface area contributed by atoms with E-state index in [9.17, 15) is 9.59 Å². The topological polar surface area (TPSA) is 52.6 Å². The van der Waals surface area contributed by atoms with Gasteiger partial charge in [-0.3, -0.25) is 9.59 Å². The summed E-state index contributed by atoms with van der Waals surface area (Å²) in [5, 5.41) is 0. The number of rotatable bonds is 8. The summed E-state index contributed by atoms with van der Waals surface area (Å²) in [4.78, 5) is 21.9. The summed E-state index contributed by atoms with van der Waals surface area (Å²) in [6.45, 7) is 7.15. The van der Waals surface area contributed by atoms with Gasteiger partial charge in [-0.2, -0.15) is 0 Å². The first kappa shape index (κ1) is 17.7. The minimum absolute atomic E-state index is 0.271. The van der Waals surface area contributed by atoms with Crippen LogP contribution in [0.15, 0.2) is 54.6 Å². The molecule has 118 valence electrons. The number of allylic oxidation sites excluding steroid dienone is 1. The van der Waals surface area contributed by atoms with Gasteiger partial charge < -0.3 is 9.47 Å². The lowest BCUT2D eigenvalue weighted by Gasteiger charge is -2.17. The smallest absolute Gasteiger partial charge is 0.303 e. The number of hydrogen-bond donors (Lipinski definition) is 0. The molecule has 0 amide bonds. The van der Waals surface area contributed by atoms with Crippen LogP contribution in [0.3, 0.4) is 0 Å². The zero-order chi connectivity index (χ0) is 16.4. The zero-order valence-electron chi connectivity index (χ0n) is 13.1. The predicted octanol–water partition coefficient (Wildman–Crippen LogP) is 3.75. The van der Waals surface area contributed by atoms with Gasteiger partial charge in [0, 0.05) is 13.8 Å². The van der Waals surface area contributed by atoms with Crippen molar-refractivity contribution in [3.63, 3.8) is 0 Å². The van der Waals surface area contributed by atoms with Gasteiger partial charge in [-0.05, 0) is 24.0 Å². The molecule has 0 spiro atoms. The fourth-order valence-corrected chi connectivity index (χ4v) is 1.89. The average molecular weight is 302 g/mol. The quantitative estimate of drug-likeness (QED) is 0.417. The highest BCUT2D eigenvalue weighted by Gasteiger charge is 2.16. The van der Waals surface area contributed by atoms with Crippen LogP contribution in [-0.2, 0) is 19.1 Å². The van der Waals surface area contributed by atoms with E-state index in [-0.39, 0.29) is 11.9 Å². The maximum Gasteiger partial charge on any atom is 0.303 e. The summed E-state index contributed by atoms with van der Waals surface area (Å²) >= 11 is 0. The van der Waals surface area contributed by atoms with Crippen LogP contribution >= 0.6 is 0 Å². The van der Waals surface area contributed by atoms with E-state index < -0.39 is 6.10 Å². The summed E-state index contributed by atoms with van der Waals surface area (Å²) in [7, 11) is 0. The molecule has 1 aromatic rings. The van der Waals surface area contributed by atoms with Crippen LogP contribution in [-0.4, -0.2) is 18.5 Å². The van der Waals surface area contributed by atoms with Crippen LogP contribution in [0.25, 0.3) is 0 Å². The maximum absolute atomic E-state index is 11.3. The zero-order valence-corrected chi connectivity index (χ0v) is 13.1. The Hall–Kier alpha value is -2.36. The minimum atomic E-state index is -0.483. The fraction of sp³-hybridized carbons (Fsp3) is 0.333.